The number of fused-ring (bicyclic) bond motifs is 1. The molecule has 6 nitrogen and oxygen atoms in total. The average Bonchev–Trinajstić information content (AvgIpc) is 3.46. The van der Waals surface area contributed by atoms with Crippen LogP contribution in [0.15, 0.2) is 41.7 Å². The van der Waals surface area contributed by atoms with Crippen LogP contribution in [0.2, 0.25) is 0 Å². The van der Waals surface area contributed by atoms with E-state index in [1.807, 2.05) is 12.3 Å². The van der Waals surface area contributed by atoms with Crippen LogP contribution < -0.4 is 4.90 Å². The number of morpholine rings is 1. The third-order valence-corrected chi connectivity index (χ3v) is 5.92. The largest absolute Gasteiger partial charge is 0.378 e. The molecule has 0 atom stereocenters. The fourth-order valence-corrected chi connectivity index (χ4v) is 4.41. The van der Waals surface area contributed by atoms with Crippen molar-refractivity contribution in [3.8, 4) is 0 Å². The second kappa shape index (κ2) is 6.89. The van der Waals surface area contributed by atoms with Crippen LogP contribution in [-0.4, -0.2) is 46.1 Å². The van der Waals surface area contributed by atoms with E-state index in [9.17, 15) is 0 Å². The smallest absolute Gasteiger partial charge is 0.228 e. The monoisotopic (exact) mass is 367 g/mol. The molecular weight excluding hydrogens is 346 g/mol. The van der Waals surface area contributed by atoms with Crippen LogP contribution in [-0.2, 0) is 10.5 Å². The Labute approximate surface area is 156 Å². The third kappa shape index (κ3) is 3.05. The summed E-state index contributed by atoms with van der Waals surface area (Å²) in [4.78, 5) is 6.87. The van der Waals surface area contributed by atoms with Gasteiger partial charge in [0.05, 0.1) is 18.7 Å². The van der Waals surface area contributed by atoms with Gasteiger partial charge in [0.15, 0.2) is 5.16 Å². The molecule has 0 radical (unpaired) electrons. The van der Waals surface area contributed by atoms with Gasteiger partial charge >= 0.3 is 0 Å². The van der Waals surface area contributed by atoms with Crippen molar-refractivity contribution in [2.24, 2.45) is 0 Å². The molecule has 1 saturated carbocycles. The van der Waals surface area contributed by atoms with E-state index in [-0.39, 0.29) is 0 Å². The molecule has 0 unspecified atom stereocenters. The number of para-hydroxylation sites is 1. The van der Waals surface area contributed by atoms with Crippen molar-refractivity contribution in [2.45, 2.75) is 29.8 Å². The summed E-state index contributed by atoms with van der Waals surface area (Å²) in [6.07, 6.45) is 4.30. The SMILES string of the molecule is c1cnc2c(CSc3nnc(N4CCOCC4)n3C3CC3)cccc2c1. The van der Waals surface area contributed by atoms with Crippen LogP contribution in [0.1, 0.15) is 24.4 Å². The minimum atomic E-state index is 0.552. The Bertz CT molecular complexity index is 912. The summed E-state index contributed by atoms with van der Waals surface area (Å²) in [5, 5.41) is 11.2. The molecule has 134 valence electrons. The first kappa shape index (κ1) is 16.1. The van der Waals surface area contributed by atoms with Crippen molar-refractivity contribution >= 4 is 28.6 Å². The minimum Gasteiger partial charge on any atom is -0.378 e. The molecule has 26 heavy (non-hydrogen) atoms. The molecule has 1 aliphatic heterocycles. The molecule has 5 rings (SSSR count). The molecule has 3 heterocycles. The lowest BCUT2D eigenvalue weighted by atomic mass is 10.1. The molecule has 1 saturated heterocycles. The molecule has 3 aromatic rings. The number of thioether (sulfide) groups is 1. The van der Waals surface area contributed by atoms with Gasteiger partial charge in [-0.2, -0.15) is 0 Å². The molecule has 1 aliphatic carbocycles. The van der Waals surface area contributed by atoms with E-state index in [1.54, 1.807) is 11.8 Å². The standard InChI is InChI=1S/C19H21N5OS/c1-3-14-5-2-8-20-17(14)15(4-1)13-26-19-22-21-18(24(19)16-6-7-16)23-9-11-25-12-10-23/h1-5,8,16H,6-7,9-13H2. The summed E-state index contributed by atoms with van der Waals surface area (Å²) in [5.74, 6) is 1.86. The zero-order chi connectivity index (χ0) is 17.3. The predicted octanol–water partition coefficient (Wildman–Crippen LogP) is 3.29. The van der Waals surface area contributed by atoms with E-state index in [0.29, 0.717) is 6.04 Å². The lowest BCUT2D eigenvalue weighted by Crippen LogP contribution is -2.38. The molecule has 2 aliphatic rings. The van der Waals surface area contributed by atoms with Crippen LogP contribution >= 0.6 is 11.8 Å². The number of nitrogens with zero attached hydrogens (tertiary/aromatic N) is 5. The van der Waals surface area contributed by atoms with Gasteiger partial charge in [-0.25, -0.2) is 0 Å². The molecule has 7 heteroatoms. The van der Waals surface area contributed by atoms with E-state index in [1.165, 1.54) is 23.8 Å². The maximum Gasteiger partial charge on any atom is 0.228 e. The molecule has 0 spiro atoms. The summed E-state index contributed by atoms with van der Waals surface area (Å²) >= 11 is 1.76. The van der Waals surface area contributed by atoms with Gasteiger partial charge in [0, 0.05) is 36.5 Å². The summed E-state index contributed by atoms with van der Waals surface area (Å²) in [6, 6.07) is 11.0. The first-order valence-electron chi connectivity index (χ1n) is 9.13. The molecule has 2 fully saturated rings. The number of pyridine rings is 1. The fourth-order valence-electron chi connectivity index (χ4n) is 3.43. The van der Waals surface area contributed by atoms with Crippen LogP contribution in [0.4, 0.5) is 5.95 Å². The van der Waals surface area contributed by atoms with Crippen molar-refractivity contribution in [3.05, 3.63) is 42.1 Å². The number of benzene rings is 1. The van der Waals surface area contributed by atoms with Crippen molar-refractivity contribution in [1.82, 2.24) is 19.7 Å². The number of ether oxygens (including phenoxy) is 1. The van der Waals surface area contributed by atoms with Gasteiger partial charge in [0.1, 0.15) is 0 Å². The number of rotatable bonds is 5. The van der Waals surface area contributed by atoms with Gasteiger partial charge in [-0.15, -0.1) is 10.2 Å². The summed E-state index contributed by atoms with van der Waals surface area (Å²) in [7, 11) is 0. The third-order valence-electron chi connectivity index (χ3n) is 4.93. The highest BCUT2D eigenvalue weighted by atomic mass is 32.2. The van der Waals surface area contributed by atoms with Crippen molar-refractivity contribution < 1.29 is 4.74 Å². The van der Waals surface area contributed by atoms with Gasteiger partial charge in [0.2, 0.25) is 5.95 Å². The van der Waals surface area contributed by atoms with Crippen LogP contribution in [0.5, 0.6) is 0 Å². The summed E-state index contributed by atoms with van der Waals surface area (Å²) < 4.78 is 7.82. The fraction of sp³-hybridized carbons (Fsp3) is 0.421. The quantitative estimate of drug-likeness (QED) is 0.645. The lowest BCUT2D eigenvalue weighted by Gasteiger charge is -2.27. The van der Waals surface area contributed by atoms with E-state index in [0.717, 1.165) is 48.7 Å². The van der Waals surface area contributed by atoms with Gasteiger partial charge in [-0.3, -0.25) is 9.55 Å². The predicted molar refractivity (Wildman–Crippen MR) is 103 cm³/mol. The average molecular weight is 367 g/mol. The summed E-state index contributed by atoms with van der Waals surface area (Å²) in [6.45, 7) is 3.31. The van der Waals surface area contributed by atoms with Crippen LogP contribution in [0.3, 0.4) is 0 Å². The maximum atomic E-state index is 5.48. The second-order valence-electron chi connectivity index (χ2n) is 6.76. The number of aromatic nitrogens is 4. The Balaban J connectivity index is 1.41. The molecular formula is C19H21N5OS. The molecule has 2 aromatic heterocycles. The summed E-state index contributed by atoms with van der Waals surface area (Å²) in [5.41, 5.74) is 2.32. The zero-order valence-electron chi connectivity index (χ0n) is 14.5. The van der Waals surface area contributed by atoms with Crippen LogP contribution in [0.25, 0.3) is 10.9 Å². The number of hydrogen-bond donors (Lipinski definition) is 0. The molecule has 1 aromatic carbocycles. The first-order valence-corrected chi connectivity index (χ1v) is 10.1. The van der Waals surface area contributed by atoms with Gasteiger partial charge in [-0.05, 0) is 24.5 Å². The Morgan fingerprint density at radius 3 is 2.77 bits per heavy atom. The van der Waals surface area contributed by atoms with E-state index in [4.69, 9.17) is 4.74 Å². The van der Waals surface area contributed by atoms with Gasteiger partial charge in [0.25, 0.3) is 0 Å². The normalized spacial score (nSPS) is 17.8. The van der Waals surface area contributed by atoms with Gasteiger partial charge in [-0.1, -0.05) is 36.0 Å². The number of anilines is 1. The number of hydrogen-bond acceptors (Lipinski definition) is 6. The van der Waals surface area contributed by atoms with Gasteiger partial charge < -0.3 is 9.64 Å². The highest BCUT2D eigenvalue weighted by Gasteiger charge is 2.32. The van der Waals surface area contributed by atoms with E-state index < -0.39 is 0 Å². The van der Waals surface area contributed by atoms with E-state index in [2.05, 4.69) is 48.9 Å². The topological polar surface area (TPSA) is 56.1 Å². The Hall–Kier alpha value is -2.12. The van der Waals surface area contributed by atoms with Crippen molar-refractivity contribution in [2.75, 3.05) is 31.2 Å². The molecule has 0 amide bonds. The highest BCUT2D eigenvalue weighted by molar-refractivity contribution is 7.98. The van der Waals surface area contributed by atoms with Crippen molar-refractivity contribution in [1.29, 1.82) is 0 Å². The van der Waals surface area contributed by atoms with Crippen molar-refractivity contribution in [3.63, 3.8) is 0 Å². The Morgan fingerprint density at radius 1 is 1.08 bits per heavy atom. The first-order chi connectivity index (χ1) is 12.9. The molecule has 0 bridgehead atoms. The molecule has 0 N–H and O–H groups in total. The Kier molecular flexibility index (Phi) is 4.26. The second-order valence-corrected chi connectivity index (χ2v) is 7.71. The Morgan fingerprint density at radius 2 is 1.92 bits per heavy atom. The maximum absolute atomic E-state index is 5.48. The van der Waals surface area contributed by atoms with E-state index >= 15 is 0 Å². The zero-order valence-corrected chi connectivity index (χ0v) is 15.4. The van der Waals surface area contributed by atoms with Crippen LogP contribution in [0, 0.1) is 0 Å². The minimum absolute atomic E-state index is 0.552. The highest BCUT2D eigenvalue weighted by Crippen LogP contribution is 2.41. The lowest BCUT2D eigenvalue weighted by molar-refractivity contribution is 0.121.